The average Bonchev–Trinajstić information content (AvgIpc) is 2.66. The van der Waals surface area contributed by atoms with E-state index >= 15 is 0 Å². The number of para-hydroxylation sites is 1. The molecule has 0 aromatic heterocycles. The highest BCUT2D eigenvalue weighted by molar-refractivity contribution is 7.98. The van der Waals surface area contributed by atoms with Crippen molar-refractivity contribution in [1.82, 2.24) is 0 Å². The molecule has 0 aliphatic heterocycles. The normalized spacial score (nSPS) is 10.0. The summed E-state index contributed by atoms with van der Waals surface area (Å²) in [5.41, 5.74) is 1.82. The van der Waals surface area contributed by atoms with Crippen LogP contribution in [0.2, 0.25) is 0 Å². The highest BCUT2D eigenvalue weighted by atomic mass is 32.2. The van der Waals surface area contributed by atoms with Crippen molar-refractivity contribution < 1.29 is 14.3 Å². The predicted octanol–water partition coefficient (Wildman–Crippen LogP) is 3.82. The average molecular weight is 356 g/mol. The molecule has 0 saturated carbocycles. The number of likely N-dealkylation sites (N-methyl/N-ethyl adjacent to an activating group) is 1. The smallest absolute Gasteiger partial charge is 0.255 e. The number of hydrogen-bond donors (Lipinski definition) is 1. The number of thioether (sulfide) groups is 1. The monoisotopic (exact) mass is 356 g/mol. The maximum absolute atomic E-state index is 12.5. The van der Waals surface area contributed by atoms with Gasteiger partial charge in [0, 0.05) is 23.2 Å². The number of nitrogens with one attached hydrogen (secondary N) is 1. The Labute approximate surface area is 151 Å². The predicted molar refractivity (Wildman–Crippen MR) is 103 cm³/mol. The van der Waals surface area contributed by atoms with Crippen LogP contribution < -0.4 is 15.0 Å². The third-order valence-corrected chi connectivity index (χ3v) is 4.47. The molecule has 0 aliphatic carbocycles. The fourth-order valence-corrected chi connectivity index (χ4v) is 2.83. The van der Waals surface area contributed by atoms with Crippen LogP contribution in [0.25, 0.3) is 0 Å². The van der Waals surface area contributed by atoms with Gasteiger partial charge in [-0.2, -0.15) is 0 Å². The lowest BCUT2D eigenvalue weighted by Gasteiger charge is -2.16. The molecule has 2 rings (SSSR count). The molecular weight excluding hydrogens is 336 g/mol. The lowest BCUT2D eigenvalue weighted by atomic mass is 10.1. The van der Waals surface area contributed by atoms with Gasteiger partial charge in [-0.3, -0.25) is 9.59 Å². The molecule has 2 aromatic carbocycles. The summed E-state index contributed by atoms with van der Waals surface area (Å²) in [4.78, 5) is 26.6. The van der Waals surface area contributed by atoms with Gasteiger partial charge in [0.2, 0.25) is 5.91 Å². The molecule has 2 aromatic rings. The van der Waals surface area contributed by atoms with Gasteiger partial charge in [-0.25, -0.2) is 0 Å². The van der Waals surface area contributed by atoms with Crippen LogP contribution in [0, 0.1) is 0 Å². The number of anilines is 2. The number of ether oxygens (including phenoxy) is 1. The van der Waals surface area contributed by atoms with Gasteiger partial charge >= 0.3 is 0 Å². The van der Waals surface area contributed by atoms with Gasteiger partial charge in [-0.1, -0.05) is 12.6 Å². The Kier molecular flexibility index (Phi) is 6.25. The summed E-state index contributed by atoms with van der Waals surface area (Å²) in [5, 5.41) is 2.90. The molecular formula is C19H20N2O3S. The summed E-state index contributed by atoms with van der Waals surface area (Å²) in [5.74, 6) is 0.146. The molecule has 6 heteroatoms. The number of nitrogens with zero attached hydrogens (tertiary/aromatic N) is 1. The quantitative estimate of drug-likeness (QED) is 0.631. The largest absolute Gasteiger partial charge is 0.495 e. The van der Waals surface area contributed by atoms with E-state index in [0.717, 1.165) is 4.90 Å². The zero-order chi connectivity index (χ0) is 18.4. The first-order valence-electron chi connectivity index (χ1n) is 7.54. The van der Waals surface area contributed by atoms with E-state index in [-0.39, 0.29) is 11.8 Å². The number of hydrogen-bond acceptors (Lipinski definition) is 4. The minimum absolute atomic E-state index is 0.212. The molecule has 2 amide bonds. The SMILES string of the molecule is C=CC(=O)N(C)c1ccc(C(=O)Nc2c(OC)cccc2SC)cc1. The number of methoxy groups -OCH3 is 1. The Hall–Kier alpha value is -2.73. The van der Waals surface area contributed by atoms with Crippen LogP contribution in [-0.4, -0.2) is 32.2 Å². The molecule has 0 unspecified atom stereocenters. The van der Waals surface area contributed by atoms with E-state index in [1.54, 1.807) is 44.5 Å². The second kappa shape index (κ2) is 8.39. The van der Waals surface area contributed by atoms with E-state index in [1.807, 2.05) is 18.4 Å². The van der Waals surface area contributed by atoms with Crippen molar-refractivity contribution in [3.05, 3.63) is 60.7 Å². The Morgan fingerprint density at radius 1 is 1.20 bits per heavy atom. The number of rotatable bonds is 6. The number of benzene rings is 2. The second-order valence-electron chi connectivity index (χ2n) is 5.14. The Morgan fingerprint density at radius 2 is 1.88 bits per heavy atom. The minimum Gasteiger partial charge on any atom is -0.495 e. The molecule has 25 heavy (non-hydrogen) atoms. The lowest BCUT2D eigenvalue weighted by Crippen LogP contribution is -2.23. The van der Waals surface area contributed by atoms with Crippen molar-refractivity contribution in [3.63, 3.8) is 0 Å². The molecule has 0 saturated heterocycles. The topological polar surface area (TPSA) is 58.6 Å². The first kappa shape index (κ1) is 18.6. The van der Waals surface area contributed by atoms with E-state index < -0.39 is 0 Å². The van der Waals surface area contributed by atoms with Crippen LogP contribution in [0.1, 0.15) is 10.4 Å². The first-order valence-corrected chi connectivity index (χ1v) is 8.76. The Balaban J connectivity index is 2.22. The number of amides is 2. The molecule has 0 aliphatic rings. The molecule has 0 heterocycles. The van der Waals surface area contributed by atoms with Crippen molar-refractivity contribution >= 4 is 35.0 Å². The molecule has 5 nitrogen and oxygen atoms in total. The van der Waals surface area contributed by atoms with Gasteiger partial charge < -0.3 is 15.0 Å². The molecule has 0 radical (unpaired) electrons. The fraction of sp³-hybridized carbons (Fsp3) is 0.158. The van der Waals surface area contributed by atoms with Gasteiger partial charge in [-0.15, -0.1) is 11.8 Å². The molecule has 0 fully saturated rings. The molecule has 1 N–H and O–H groups in total. The summed E-state index contributed by atoms with van der Waals surface area (Å²) in [7, 11) is 3.22. The zero-order valence-electron chi connectivity index (χ0n) is 14.4. The molecule has 0 atom stereocenters. The van der Waals surface area contributed by atoms with Crippen molar-refractivity contribution in [3.8, 4) is 5.75 Å². The third-order valence-electron chi connectivity index (χ3n) is 3.69. The number of carbonyl (C=O) groups is 2. The first-order chi connectivity index (χ1) is 12.0. The van der Waals surface area contributed by atoms with Gasteiger partial charge in [0.1, 0.15) is 5.75 Å². The summed E-state index contributed by atoms with van der Waals surface area (Å²) in [6.07, 6.45) is 3.18. The van der Waals surface area contributed by atoms with Gasteiger partial charge in [0.25, 0.3) is 5.91 Å². The van der Waals surface area contributed by atoms with E-state index in [1.165, 1.54) is 22.7 Å². The molecule has 0 spiro atoms. The van der Waals surface area contributed by atoms with Crippen molar-refractivity contribution in [2.75, 3.05) is 30.6 Å². The van der Waals surface area contributed by atoms with E-state index in [0.29, 0.717) is 22.7 Å². The fourth-order valence-electron chi connectivity index (χ4n) is 2.26. The number of carbonyl (C=O) groups excluding carboxylic acids is 2. The van der Waals surface area contributed by atoms with Gasteiger partial charge in [0.05, 0.1) is 12.8 Å². The summed E-state index contributed by atoms with van der Waals surface area (Å²) in [6.45, 7) is 3.46. The van der Waals surface area contributed by atoms with Gasteiger partial charge in [-0.05, 0) is 48.7 Å². The lowest BCUT2D eigenvalue weighted by molar-refractivity contribution is -0.113. The van der Waals surface area contributed by atoms with Crippen molar-refractivity contribution in [2.45, 2.75) is 4.90 Å². The third kappa shape index (κ3) is 4.22. The van der Waals surface area contributed by atoms with Crippen LogP contribution >= 0.6 is 11.8 Å². The highest BCUT2D eigenvalue weighted by Gasteiger charge is 2.14. The Morgan fingerprint density at radius 3 is 2.44 bits per heavy atom. The Bertz CT molecular complexity index is 766. The van der Waals surface area contributed by atoms with Crippen LogP contribution in [-0.2, 0) is 4.79 Å². The van der Waals surface area contributed by atoms with E-state index in [4.69, 9.17) is 4.74 Å². The van der Waals surface area contributed by atoms with Crippen LogP contribution in [0.4, 0.5) is 11.4 Å². The van der Waals surface area contributed by atoms with Gasteiger partial charge in [0.15, 0.2) is 0 Å². The minimum atomic E-state index is -0.246. The van der Waals surface area contributed by atoms with Crippen LogP contribution in [0.15, 0.2) is 60.0 Å². The summed E-state index contributed by atoms with van der Waals surface area (Å²) < 4.78 is 5.33. The maximum Gasteiger partial charge on any atom is 0.255 e. The van der Waals surface area contributed by atoms with E-state index in [2.05, 4.69) is 11.9 Å². The van der Waals surface area contributed by atoms with Crippen molar-refractivity contribution in [2.24, 2.45) is 0 Å². The summed E-state index contributed by atoms with van der Waals surface area (Å²) in [6, 6.07) is 12.4. The molecule has 130 valence electrons. The van der Waals surface area contributed by atoms with Crippen LogP contribution in [0.3, 0.4) is 0 Å². The van der Waals surface area contributed by atoms with Crippen LogP contribution in [0.5, 0.6) is 5.75 Å². The van der Waals surface area contributed by atoms with Crippen molar-refractivity contribution in [1.29, 1.82) is 0 Å². The second-order valence-corrected chi connectivity index (χ2v) is 5.99. The summed E-state index contributed by atoms with van der Waals surface area (Å²) >= 11 is 1.53. The zero-order valence-corrected chi connectivity index (χ0v) is 15.2. The highest BCUT2D eigenvalue weighted by Crippen LogP contribution is 2.34. The maximum atomic E-state index is 12.5. The standard InChI is InChI=1S/C19H20N2O3S/c1-5-17(22)21(2)14-11-9-13(10-12-14)19(23)20-18-15(24-3)7-6-8-16(18)25-4/h5-12H,1H2,2-4H3,(H,20,23). The molecule has 0 bridgehead atoms. The van der Waals surface area contributed by atoms with E-state index in [9.17, 15) is 9.59 Å².